The van der Waals surface area contributed by atoms with Crippen LogP contribution >= 0.6 is 11.3 Å². The first kappa shape index (κ1) is 27.6. The number of benzene rings is 4. The Kier molecular flexibility index (Phi) is 6.29. The summed E-state index contributed by atoms with van der Waals surface area (Å²) in [6.07, 6.45) is 8.29. The summed E-state index contributed by atoms with van der Waals surface area (Å²) in [5, 5.41) is 13.0. The Morgan fingerprint density at radius 2 is 1.51 bits per heavy atom. The molecule has 0 saturated heterocycles. The molecule has 1 aromatic heterocycles. The molecule has 1 N–H and O–H groups in total. The average Bonchev–Trinajstić information content (AvgIpc) is 3.50. The van der Waals surface area contributed by atoms with E-state index < -0.39 is 11.2 Å². The van der Waals surface area contributed by atoms with Crippen molar-refractivity contribution in [2.45, 2.75) is 82.8 Å². The van der Waals surface area contributed by atoms with Crippen molar-refractivity contribution in [2.75, 3.05) is 0 Å². The molecule has 43 heavy (non-hydrogen) atoms. The predicted molar refractivity (Wildman–Crippen MR) is 183 cm³/mol. The molecule has 2 saturated carbocycles. The van der Waals surface area contributed by atoms with Gasteiger partial charge in [0.25, 0.3) is 0 Å². The second-order valence-electron chi connectivity index (χ2n) is 14.4. The van der Waals surface area contributed by atoms with Crippen molar-refractivity contribution in [1.82, 2.24) is 0 Å². The number of fused-ring (bicyclic) bond motifs is 11. The smallest absolute Gasteiger partial charge is 0.330 e. The Balaban J connectivity index is 1.15. The van der Waals surface area contributed by atoms with Crippen molar-refractivity contribution < 1.29 is 9.76 Å². The fraction of sp³-hybridized carbons (Fsp3) is 0.385. The highest BCUT2D eigenvalue weighted by Gasteiger charge is 2.51. The van der Waals surface area contributed by atoms with Crippen LogP contribution in [0.3, 0.4) is 0 Å². The van der Waals surface area contributed by atoms with Gasteiger partial charge in [-0.1, -0.05) is 79.0 Å². The molecule has 4 aromatic carbocycles. The number of aliphatic hydroxyl groups is 1. The number of hydrogen-bond donors (Lipinski definition) is 1. The molecular formula is C39H40BO2S. The van der Waals surface area contributed by atoms with Crippen LogP contribution in [-0.4, -0.2) is 23.8 Å². The zero-order valence-electron chi connectivity index (χ0n) is 25.7. The van der Waals surface area contributed by atoms with Crippen molar-refractivity contribution in [3.63, 3.8) is 0 Å². The van der Waals surface area contributed by atoms with Crippen LogP contribution in [0.2, 0.25) is 0 Å². The highest BCUT2D eigenvalue weighted by Crippen LogP contribution is 2.62. The van der Waals surface area contributed by atoms with Crippen LogP contribution in [0.1, 0.15) is 77.3 Å². The lowest BCUT2D eigenvalue weighted by Crippen LogP contribution is -2.49. The summed E-state index contributed by atoms with van der Waals surface area (Å²) in [4.78, 5) is 0. The van der Waals surface area contributed by atoms with E-state index in [0.29, 0.717) is 0 Å². The van der Waals surface area contributed by atoms with Crippen molar-refractivity contribution in [2.24, 2.45) is 11.8 Å². The molecule has 0 aliphatic heterocycles. The van der Waals surface area contributed by atoms with Crippen molar-refractivity contribution in [1.29, 1.82) is 0 Å². The van der Waals surface area contributed by atoms with Crippen molar-refractivity contribution in [3.05, 3.63) is 90.0 Å². The summed E-state index contributed by atoms with van der Waals surface area (Å²) in [6, 6.07) is 30.2. The van der Waals surface area contributed by atoms with E-state index in [4.69, 9.17) is 4.65 Å². The van der Waals surface area contributed by atoms with Crippen LogP contribution < -0.4 is 5.46 Å². The summed E-state index contributed by atoms with van der Waals surface area (Å²) in [5.41, 5.74) is 8.27. The molecular weight excluding hydrogens is 543 g/mol. The van der Waals surface area contributed by atoms with E-state index in [1.54, 1.807) is 32.5 Å². The van der Waals surface area contributed by atoms with Gasteiger partial charge in [0.2, 0.25) is 0 Å². The summed E-state index contributed by atoms with van der Waals surface area (Å²) >= 11 is 1.84. The fourth-order valence-electron chi connectivity index (χ4n) is 8.34. The molecule has 3 aliphatic rings. The lowest BCUT2D eigenvalue weighted by atomic mass is 9.55. The highest BCUT2D eigenvalue weighted by molar-refractivity contribution is 7.25. The maximum absolute atomic E-state index is 10.5. The second kappa shape index (κ2) is 9.79. The molecule has 0 amide bonds. The lowest BCUT2D eigenvalue weighted by Gasteiger charge is -2.49. The van der Waals surface area contributed by atoms with E-state index >= 15 is 0 Å². The van der Waals surface area contributed by atoms with Gasteiger partial charge in [0.05, 0.1) is 11.2 Å². The molecule has 2 nitrogen and oxygen atoms in total. The predicted octanol–water partition coefficient (Wildman–Crippen LogP) is 9.40. The van der Waals surface area contributed by atoms with E-state index in [1.165, 1.54) is 81.0 Å². The van der Waals surface area contributed by atoms with E-state index in [2.05, 4.69) is 78.9 Å². The van der Waals surface area contributed by atoms with E-state index in [1.807, 2.05) is 25.2 Å². The number of thiophene rings is 1. The number of hydrogen-bond acceptors (Lipinski definition) is 3. The summed E-state index contributed by atoms with van der Waals surface area (Å²) < 4.78 is 8.59. The van der Waals surface area contributed by atoms with Gasteiger partial charge in [0, 0.05) is 25.6 Å². The molecule has 3 aliphatic carbocycles. The fourth-order valence-corrected chi connectivity index (χ4v) is 9.53. The molecule has 1 heterocycles. The van der Waals surface area contributed by atoms with Gasteiger partial charge < -0.3 is 9.76 Å². The quantitative estimate of drug-likeness (QED) is 0.209. The van der Waals surface area contributed by atoms with Crippen LogP contribution in [0.25, 0.3) is 42.4 Å². The molecule has 2 fully saturated rings. The van der Waals surface area contributed by atoms with E-state index in [0.717, 1.165) is 17.3 Å². The minimum atomic E-state index is -0.947. The molecule has 3 unspecified atom stereocenters. The first-order chi connectivity index (χ1) is 20.6. The Bertz CT molecular complexity index is 1880. The van der Waals surface area contributed by atoms with E-state index in [9.17, 15) is 5.11 Å². The lowest BCUT2D eigenvalue weighted by molar-refractivity contribution is -0.0893. The van der Waals surface area contributed by atoms with Crippen molar-refractivity contribution >= 4 is 44.5 Å². The Labute approximate surface area is 260 Å². The van der Waals surface area contributed by atoms with Gasteiger partial charge in [-0.05, 0) is 117 Å². The maximum Gasteiger partial charge on any atom is 0.330 e. The molecule has 2 bridgehead atoms. The minimum Gasteiger partial charge on any atom is -0.427 e. The van der Waals surface area contributed by atoms with Crippen molar-refractivity contribution in [3.8, 4) is 22.3 Å². The number of rotatable bonds is 5. The van der Waals surface area contributed by atoms with Crippen LogP contribution in [0.4, 0.5) is 0 Å². The first-order valence-corrected chi connectivity index (χ1v) is 16.9. The molecule has 1 spiro atoms. The third kappa shape index (κ3) is 4.28. The van der Waals surface area contributed by atoms with Gasteiger partial charge in [0.15, 0.2) is 0 Å². The molecule has 5 aromatic rings. The molecule has 3 atom stereocenters. The zero-order chi connectivity index (χ0) is 29.6. The van der Waals surface area contributed by atoms with Crippen LogP contribution in [0.5, 0.6) is 0 Å². The Morgan fingerprint density at radius 3 is 2.35 bits per heavy atom. The van der Waals surface area contributed by atoms with Crippen LogP contribution in [0.15, 0.2) is 78.9 Å². The topological polar surface area (TPSA) is 29.5 Å². The highest BCUT2D eigenvalue weighted by atomic mass is 32.1. The molecule has 217 valence electrons. The SMILES string of the molecule is CC(C)(O)C(C)(C)O[B]c1ccc2c(c1)sc1cc(-c3ccc4c(c3)-c3ccccc3C43CCC4CCCC3C4)ccc12. The van der Waals surface area contributed by atoms with E-state index in [-0.39, 0.29) is 5.41 Å². The average molecular weight is 584 g/mol. The standard InChI is InChI=1S/C39H40BO2S/c1-37(2,41)38(3,4)42-40-28-14-16-31-30-15-12-26(22-35(30)43-36(31)23-28)25-13-17-34-32(21-25)29-10-5-6-11-33(29)39(34)19-18-24-8-7-9-27(39)20-24/h5-6,10-17,21-24,27,41H,7-9,18-20H2,1-4H3. The summed E-state index contributed by atoms with van der Waals surface area (Å²) in [5.74, 6) is 1.71. The maximum atomic E-state index is 10.5. The van der Waals surface area contributed by atoms with Crippen LogP contribution in [0, 0.1) is 11.8 Å². The van der Waals surface area contributed by atoms with Gasteiger partial charge in [-0.2, -0.15) is 0 Å². The summed E-state index contributed by atoms with van der Waals surface area (Å²) in [6.45, 7) is 7.40. The van der Waals surface area contributed by atoms with Gasteiger partial charge >= 0.3 is 7.48 Å². The minimum absolute atomic E-state index is 0.206. The Morgan fingerprint density at radius 1 is 0.791 bits per heavy atom. The largest absolute Gasteiger partial charge is 0.427 e. The van der Waals surface area contributed by atoms with Gasteiger partial charge in [-0.25, -0.2) is 0 Å². The third-order valence-electron chi connectivity index (χ3n) is 11.4. The summed E-state index contributed by atoms with van der Waals surface area (Å²) in [7, 11) is 1.78. The van der Waals surface area contributed by atoms with Crippen LogP contribution in [-0.2, 0) is 10.1 Å². The van der Waals surface area contributed by atoms with Gasteiger partial charge in [-0.15, -0.1) is 11.3 Å². The Hall–Kier alpha value is -2.92. The normalized spacial score (nSPS) is 23.1. The van der Waals surface area contributed by atoms with Gasteiger partial charge in [-0.3, -0.25) is 0 Å². The zero-order valence-corrected chi connectivity index (χ0v) is 26.6. The molecule has 4 heteroatoms. The third-order valence-corrected chi connectivity index (χ3v) is 12.5. The second-order valence-corrected chi connectivity index (χ2v) is 15.5. The molecule has 8 rings (SSSR count). The first-order valence-electron chi connectivity index (χ1n) is 16.1. The van der Waals surface area contributed by atoms with Gasteiger partial charge in [0.1, 0.15) is 0 Å². The molecule has 1 radical (unpaired) electrons. The monoisotopic (exact) mass is 583 g/mol.